The molecule has 2 aromatic heterocycles. The molecule has 0 fully saturated rings. The van der Waals surface area contributed by atoms with Gasteiger partial charge in [-0.25, -0.2) is 0 Å². The number of nitrogens with one attached hydrogen (secondary N) is 2. The summed E-state index contributed by atoms with van der Waals surface area (Å²) in [5.74, 6) is 1.53. The summed E-state index contributed by atoms with van der Waals surface area (Å²) in [7, 11) is 0. The Morgan fingerprint density at radius 2 is 2.25 bits per heavy atom. The highest BCUT2D eigenvalue weighted by atomic mass is 32.1. The highest BCUT2D eigenvalue weighted by Crippen LogP contribution is 2.26. The predicted molar refractivity (Wildman–Crippen MR) is 80.4 cm³/mol. The van der Waals surface area contributed by atoms with E-state index in [0.717, 1.165) is 27.8 Å². The maximum atomic E-state index is 5.99. The van der Waals surface area contributed by atoms with Crippen LogP contribution in [-0.4, -0.2) is 20.2 Å². The van der Waals surface area contributed by atoms with Crippen LogP contribution in [0.25, 0.3) is 11.4 Å². The average molecular weight is 286 g/mol. The van der Waals surface area contributed by atoms with E-state index in [0.29, 0.717) is 12.2 Å². The average Bonchev–Trinajstić information content (AvgIpc) is 3.09. The van der Waals surface area contributed by atoms with Crippen LogP contribution in [0.3, 0.4) is 0 Å². The zero-order chi connectivity index (χ0) is 13.9. The maximum absolute atomic E-state index is 5.99. The number of hydrogen-bond donors (Lipinski definition) is 3. The molecule has 4 N–H and O–H groups in total. The molecule has 0 aliphatic heterocycles. The fraction of sp³-hybridized carbons (Fsp3) is 0.154. The molecule has 0 amide bonds. The molecular weight excluding hydrogens is 272 g/mol. The molecule has 0 atom stereocenters. The highest BCUT2D eigenvalue weighted by Gasteiger charge is 2.07. The Hall–Kier alpha value is -2.41. The van der Waals surface area contributed by atoms with Gasteiger partial charge in [0.15, 0.2) is 5.82 Å². The van der Waals surface area contributed by atoms with Crippen LogP contribution in [0.2, 0.25) is 0 Å². The van der Waals surface area contributed by atoms with Gasteiger partial charge in [-0.15, -0.1) is 21.5 Å². The van der Waals surface area contributed by atoms with Crippen LogP contribution in [0.1, 0.15) is 10.7 Å². The fourth-order valence-electron chi connectivity index (χ4n) is 1.84. The first-order valence-electron chi connectivity index (χ1n) is 6.13. The second-order valence-electron chi connectivity index (χ2n) is 4.38. The Balaban J connectivity index is 1.83. The van der Waals surface area contributed by atoms with E-state index < -0.39 is 0 Å². The van der Waals surface area contributed by atoms with Crippen molar-refractivity contribution < 1.29 is 0 Å². The number of thiazole rings is 1. The lowest BCUT2D eigenvalue weighted by Crippen LogP contribution is -2.01. The van der Waals surface area contributed by atoms with Crippen LogP contribution < -0.4 is 11.1 Å². The Kier molecular flexibility index (Phi) is 3.34. The summed E-state index contributed by atoms with van der Waals surface area (Å²) in [4.78, 5) is 8.32. The third kappa shape index (κ3) is 2.62. The standard InChI is InChI=1S/C13H14N6S/c1-8-17-13(19-18-8)9-2-3-11(14)12(4-9)16-6-10-5-15-7-20-10/h2-5,7,16H,6,14H2,1H3,(H,17,18,19). The van der Waals surface area contributed by atoms with Crippen molar-refractivity contribution in [3.63, 3.8) is 0 Å². The molecular formula is C13H14N6S. The number of H-pyrrole nitrogens is 1. The van der Waals surface area contributed by atoms with Crippen LogP contribution in [0.15, 0.2) is 29.9 Å². The minimum Gasteiger partial charge on any atom is -0.397 e. The van der Waals surface area contributed by atoms with Gasteiger partial charge < -0.3 is 16.0 Å². The molecule has 0 unspecified atom stereocenters. The molecule has 0 radical (unpaired) electrons. The van der Waals surface area contributed by atoms with Gasteiger partial charge >= 0.3 is 0 Å². The number of rotatable bonds is 4. The van der Waals surface area contributed by atoms with Crippen LogP contribution >= 0.6 is 11.3 Å². The Morgan fingerprint density at radius 3 is 2.95 bits per heavy atom. The van der Waals surface area contributed by atoms with Gasteiger partial charge in [0.2, 0.25) is 0 Å². The first-order valence-corrected chi connectivity index (χ1v) is 7.01. The quantitative estimate of drug-likeness (QED) is 0.641. The molecule has 0 saturated heterocycles. The van der Waals surface area contributed by atoms with Crippen molar-refractivity contribution in [3.05, 3.63) is 40.6 Å². The lowest BCUT2D eigenvalue weighted by atomic mass is 10.1. The molecule has 0 aliphatic carbocycles. The molecule has 0 saturated carbocycles. The number of nitrogens with two attached hydrogens (primary N) is 1. The molecule has 3 rings (SSSR count). The normalized spacial score (nSPS) is 10.7. The number of anilines is 2. The van der Waals surface area contributed by atoms with Crippen molar-refractivity contribution >= 4 is 22.7 Å². The molecule has 6 nitrogen and oxygen atoms in total. The van der Waals surface area contributed by atoms with Crippen molar-refractivity contribution in [2.24, 2.45) is 0 Å². The van der Waals surface area contributed by atoms with E-state index in [1.165, 1.54) is 0 Å². The first-order chi connectivity index (χ1) is 9.72. The van der Waals surface area contributed by atoms with E-state index in [1.807, 2.05) is 36.8 Å². The number of aromatic nitrogens is 4. The molecule has 0 bridgehead atoms. The molecule has 2 heterocycles. The Bertz CT molecular complexity index is 703. The van der Waals surface area contributed by atoms with E-state index in [4.69, 9.17) is 5.73 Å². The van der Waals surface area contributed by atoms with Crippen molar-refractivity contribution in [1.82, 2.24) is 20.2 Å². The third-order valence-corrected chi connectivity index (χ3v) is 3.64. The molecule has 102 valence electrons. The lowest BCUT2D eigenvalue weighted by molar-refractivity contribution is 1.04. The van der Waals surface area contributed by atoms with Crippen molar-refractivity contribution in [3.8, 4) is 11.4 Å². The van der Waals surface area contributed by atoms with Crippen LogP contribution in [-0.2, 0) is 6.54 Å². The molecule has 20 heavy (non-hydrogen) atoms. The molecule has 0 spiro atoms. The van der Waals surface area contributed by atoms with Gasteiger partial charge in [0.1, 0.15) is 5.82 Å². The number of benzene rings is 1. The number of nitrogens with zero attached hydrogens (tertiary/aromatic N) is 3. The van der Waals surface area contributed by atoms with E-state index in [9.17, 15) is 0 Å². The molecule has 0 aliphatic rings. The molecule has 3 aromatic rings. The largest absolute Gasteiger partial charge is 0.397 e. The summed E-state index contributed by atoms with van der Waals surface area (Å²) < 4.78 is 0. The fourth-order valence-corrected chi connectivity index (χ4v) is 2.38. The summed E-state index contributed by atoms with van der Waals surface area (Å²) in [6, 6.07) is 5.76. The second kappa shape index (κ2) is 5.30. The van der Waals surface area contributed by atoms with E-state index in [1.54, 1.807) is 11.3 Å². The third-order valence-electron chi connectivity index (χ3n) is 2.86. The summed E-state index contributed by atoms with van der Waals surface area (Å²) in [5, 5.41) is 11.4. The van der Waals surface area contributed by atoms with Gasteiger partial charge in [-0.2, -0.15) is 0 Å². The lowest BCUT2D eigenvalue weighted by Gasteiger charge is -2.09. The smallest absolute Gasteiger partial charge is 0.161 e. The zero-order valence-electron chi connectivity index (χ0n) is 10.9. The van der Waals surface area contributed by atoms with Crippen molar-refractivity contribution in [2.75, 3.05) is 11.1 Å². The number of aryl methyl sites for hydroxylation is 1. The van der Waals surface area contributed by atoms with Gasteiger partial charge in [0, 0.05) is 16.6 Å². The highest BCUT2D eigenvalue weighted by molar-refractivity contribution is 7.09. The zero-order valence-corrected chi connectivity index (χ0v) is 11.7. The van der Waals surface area contributed by atoms with E-state index in [2.05, 4.69) is 25.5 Å². The first kappa shape index (κ1) is 12.6. The van der Waals surface area contributed by atoms with Gasteiger partial charge in [0.25, 0.3) is 0 Å². The summed E-state index contributed by atoms with van der Waals surface area (Å²) in [6.45, 7) is 2.57. The summed E-state index contributed by atoms with van der Waals surface area (Å²) in [5.41, 5.74) is 10.3. The van der Waals surface area contributed by atoms with Crippen LogP contribution in [0, 0.1) is 6.92 Å². The van der Waals surface area contributed by atoms with Gasteiger partial charge in [-0.3, -0.25) is 4.98 Å². The number of aromatic amines is 1. The Labute approximate surface area is 120 Å². The monoisotopic (exact) mass is 286 g/mol. The maximum Gasteiger partial charge on any atom is 0.161 e. The van der Waals surface area contributed by atoms with Gasteiger partial charge in [0.05, 0.1) is 23.4 Å². The minimum absolute atomic E-state index is 0.702. The number of hydrogen-bond acceptors (Lipinski definition) is 6. The van der Waals surface area contributed by atoms with Gasteiger partial charge in [-0.05, 0) is 25.1 Å². The van der Waals surface area contributed by atoms with Crippen LogP contribution in [0.4, 0.5) is 11.4 Å². The summed E-state index contributed by atoms with van der Waals surface area (Å²) >= 11 is 1.61. The SMILES string of the molecule is Cc1nnc(-c2ccc(N)c(NCc3cncs3)c2)[nH]1. The van der Waals surface area contributed by atoms with E-state index >= 15 is 0 Å². The molecule has 1 aromatic carbocycles. The topological polar surface area (TPSA) is 92.5 Å². The Morgan fingerprint density at radius 1 is 1.35 bits per heavy atom. The summed E-state index contributed by atoms with van der Waals surface area (Å²) in [6.07, 6.45) is 1.84. The minimum atomic E-state index is 0.702. The second-order valence-corrected chi connectivity index (χ2v) is 5.35. The van der Waals surface area contributed by atoms with Gasteiger partial charge in [-0.1, -0.05) is 0 Å². The van der Waals surface area contributed by atoms with Crippen molar-refractivity contribution in [1.29, 1.82) is 0 Å². The van der Waals surface area contributed by atoms with Crippen molar-refractivity contribution in [2.45, 2.75) is 13.5 Å². The van der Waals surface area contributed by atoms with E-state index in [-0.39, 0.29) is 0 Å². The van der Waals surface area contributed by atoms with Crippen LogP contribution in [0.5, 0.6) is 0 Å². The predicted octanol–water partition coefficient (Wildman–Crippen LogP) is 2.43. The molecule has 7 heteroatoms. The number of nitrogen functional groups attached to an aromatic ring is 1.